The van der Waals surface area contributed by atoms with Crippen molar-refractivity contribution < 1.29 is 18.0 Å². The van der Waals surface area contributed by atoms with Gasteiger partial charge in [0.15, 0.2) is 0 Å². The molecule has 1 fully saturated rings. The molecule has 110 valence electrons. The number of halogens is 3. The van der Waals surface area contributed by atoms with E-state index in [4.69, 9.17) is 0 Å². The average molecular weight is 294 g/mol. The minimum Gasteiger partial charge on any atom is -0.298 e. The average Bonchev–Trinajstić information content (AvgIpc) is 3.13. The SMILES string of the molecule is O=Cc1ccc(-c2cnn(CC3CC3)c2)c(C(F)(F)F)c1. The highest BCUT2D eigenvalue weighted by molar-refractivity contribution is 5.78. The van der Waals surface area contributed by atoms with Gasteiger partial charge < -0.3 is 0 Å². The van der Waals surface area contributed by atoms with E-state index in [0.29, 0.717) is 17.8 Å². The Bertz CT molecular complexity index is 672. The van der Waals surface area contributed by atoms with Gasteiger partial charge in [0.25, 0.3) is 0 Å². The standard InChI is InChI=1S/C15H13F3N2O/c16-15(17,18)14-5-11(9-21)3-4-13(14)12-6-19-20(8-12)7-10-1-2-10/h3-6,8-10H,1-2,7H2. The summed E-state index contributed by atoms with van der Waals surface area (Å²) in [5, 5.41) is 4.12. The summed E-state index contributed by atoms with van der Waals surface area (Å²) >= 11 is 0. The second-order valence-electron chi connectivity index (χ2n) is 5.32. The van der Waals surface area contributed by atoms with Gasteiger partial charge in [-0.3, -0.25) is 9.48 Å². The number of alkyl halides is 3. The van der Waals surface area contributed by atoms with Gasteiger partial charge in [-0.25, -0.2) is 0 Å². The molecule has 0 aliphatic heterocycles. The smallest absolute Gasteiger partial charge is 0.298 e. The molecule has 0 spiro atoms. The normalized spacial score (nSPS) is 15.2. The first-order valence-electron chi connectivity index (χ1n) is 6.66. The highest BCUT2D eigenvalue weighted by atomic mass is 19.4. The molecule has 1 saturated carbocycles. The van der Waals surface area contributed by atoms with E-state index in [9.17, 15) is 18.0 Å². The van der Waals surface area contributed by atoms with Crippen LogP contribution in [-0.4, -0.2) is 16.1 Å². The van der Waals surface area contributed by atoms with Crippen LogP contribution in [-0.2, 0) is 12.7 Å². The monoisotopic (exact) mass is 294 g/mol. The van der Waals surface area contributed by atoms with Crippen LogP contribution in [0.4, 0.5) is 13.2 Å². The van der Waals surface area contributed by atoms with Gasteiger partial charge >= 0.3 is 6.18 Å². The van der Waals surface area contributed by atoms with Crippen molar-refractivity contribution in [2.75, 3.05) is 0 Å². The predicted molar refractivity (Wildman–Crippen MR) is 70.8 cm³/mol. The maximum absolute atomic E-state index is 13.1. The van der Waals surface area contributed by atoms with Gasteiger partial charge in [-0.05, 0) is 30.4 Å². The number of rotatable bonds is 4. The fourth-order valence-corrected chi connectivity index (χ4v) is 2.29. The van der Waals surface area contributed by atoms with E-state index in [0.717, 1.165) is 25.5 Å². The highest BCUT2D eigenvalue weighted by Gasteiger charge is 2.34. The van der Waals surface area contributed by atoms with E-state index in [-0.39, 0.29) is 11.1 Å². The van der Waals surface area contributed by atoms with Gasteiger partial charge in [0, 0.05) is 23.9 Å². The number of carbonyl (C=O) groups is 1. The molecule has 0 bridgehead atoms. The number of benzene rings is 1. The van der Waals surface area contributed by atoms with Crippen LogP contribution < -0.4 is 0 Å². The molecule has 0 atom stereocenters. The summed E-state index contributed by atoms with van der Waals surface area (Å²) in [6.45, 7) is 0.744. The fraction of sp³-hybridized carbons (Fsp3) is 0.333. The summed E-state index contributed by atoms with van der Waals surface area (Å²) in [4.78, 5) is 10.7. The Morgan fingerprint density at radius 3 is 2.71 bits per heavy atom. The Morgan fingerprint density at radius 2 is 2.10 bits per heavy atom. The van der Waals surface area contributed by atoms with Gasteiger partial charge in [-0.2, -0.15) is 18.3 Å². The molecule has 1 heterocycles. The van der Waals surface area contributed by atoms with Crippen LogP contribution in [0.25, 0.3) is 11.1 Å². The van der Waals surface area contributed by atoms with Gasteiger partial charge in [0.05, 0.1) is 11.8 Å². The molecule has 0 radical (unpaired) electrons. The number of hydrogen-bond donors (Lipinski definition) is 0. The zero-order chi connectivity index (χ0) is 15.0. The van der Waals surface area contributed by atoms with Crippen LogP contribution in [0.3, 0.4) is 0 Å². The topological polar surface area (TPSA) is 34.9 Å². The lowest BCUT2D eigenvalue weighted by Gasteiger charge is -2.12. The Morgan fingerprint density at radius 1 is 1.33 bits per heavy atom. The Kier molecular flexibility index (Phi) is 3.31. The third-order valence-electron chi connectivity index (χ3n) is 3.57. The van der Waals surface area contributed by atoms with Crippen LogP contribution in [0.1, 0.15) is 28.8 Å². The summed E-state index contributed by atoms with van der Waals surface area (Å²) in [6.07, 6.45) is 1.27. The summed E-state index contributed by atoms with van der Waals surface area (Å²) in [7, 11) is 0. The largest absolute Gasteiger partial charge is 0.417 e. The first kappa shape index (κ1) is 13.9. The van der Waals surface area contributed by atoms with E-state index < -0.39 is 11.7 Å². The molecule has 0 amide bonds. The number of carbonyl (C=O) groups excluding carboxylic acids is 1. The van der Waals surface area contributed by atoms with Gasteiger partial charge in [-0.15, -0.1) is 0 Å². The van der Waals surface area contributed by atoms with Crippen LogP contribution in [0, 0.1) is 5.92 Å². The first-order chi connectivity index (χ1) is 9.97. The molecular weight excluding hydrogens is 281 g/mol. The molecule has 1 aliphatic carbocycles. The van der Waals surface area contributed by atoms with Crippen molar-refractivity contribution in [2.24, 2.45) is 5.92 Å². The molecule has 1 aliphatic rings. The van der Waals surface area contributed by atoms with Gasteiger partial charge in [0.2, 0.25) is 0 Å². The van der Waals surface area contributed by atoms with Crippen molar-refractivity contribution in [1.29, 1.82) is 0 Å². The van der Waals surface area contributed by atoms with E-state index >= 15 is 0 Å². The number of aldehydes is 1. The zero-order valence-corrected chi connectivity index (χ0v) is 11.1. The Balaban J connectivity index is 1.99. The molecule has 1 aromatic heterocycles. The maximum Gasteiger partial charge on any atom is 0.417 e. The minimum absolute atomic E-state index is 0.0106. The first-order valence-corrected chi connectivity index (χ1v) is 6.66. The van der Waals surface area contributed by atoms with E-state index in [1.54, 1.807) is 10.9 Å². The molecule has 1 aromatic carbocycles. The van der Waals surface area contributed by atoms with Crippen LogP contribution in [0.15, 0.2) is 30.6 Å². The zero-order valence-electron chi connectivity index (χ0n) is 11.1. The molecule has 21 heavy (non-hydrogen) atoms. The predicted octanol–water partition coefficient (Wildman–Crippen LogP) is 3.79. The second-order valence-corrected chi connectivity index (χ2v) is 5.32. The number of nitrogens with zero attached hydrogens (tertiary/aromatic N) is 2. The van der Waals surface area contributed by atoms with Crippen molar-refractivity contribution >= 4 is 6.29 Å². The minimum atomic E-state index is -4.51. The molecule has 3 rings (SSSR count). The molecule has 6 heteroatoms. The van der Waals surface area contributed by atoms with Gasteiger partial charge in [0.1, 0.15) is 6.29 Å². The summed E-state index contributed by atoms with van der Waals surface area (Å²) < 4.78 is 41.1. The fourth-order valence-electron chi connectivity index (χ4n) is 2.29. The third-order valence-corrected chi connectivity index (χ3v) is 3.57. The van der Waals surface area contributed by atoms with Crippen molar-refractivity contribution in [3.05, 3.63) is 41.7 Å². The van der Waals surface area contributed by atoms with E-state index in [2.05, 4.69) is 5.10 Å². The van der Waals surface area contributed by atoms with Crippen molar-refractivity contribution in [1.82, 2.24) is 9.78 Å². The number of hydrogen-bond acceptors (Lipinski definition) is 2. The Hall–Kier alpha value is -2.11. The summed E-state index contributed by atoms with van der Waals surface area (Å²) in [5.74, 6) is 0.595. The van der Waals surface area contributed by atoms with Gasteiger partial charge in [-0.1, -0.05) is 12.1 Å². The van der Waals surface area contributed by atoms with Crippen molar-refractivity contribution in [3.8, 4) is 11.1 Å². The molecule has 0 N–H and O–H groups in total. The van der Waals surface area contributed by atoms with E-state index in [1.807, 2.05) is 0 Å². The lowest BCUT2D eigenvalue weighted by Crippen LogP contribution is -2.08. The second kappa shape index (κ2) is 5.02. The molecule has 2 aromatic rings. The lowest BCUT2D eigenvalue weighted by molar-refractivity contribution is -0.137. The lowest BCUT2D eigenvalue weighted by atomic mass is 9.99. The Labute approximate surface area is 119 Å². The van der Waals surface area contributed by atoms with Crippen molar-refractivity contribution in [3.63, 3.8) is 0 Å². The highest BCUT2D eigenvalue weighted by Crippen LogP contribution is 2.38. The van der Waals surface area contributed by atoms with E-state index in [1.165, 1.54) is 18.3 Å². The van der Waals surface area contributed by atoms with Crippen LogP contribution >= 0.6 is 0 Å². The third kappa shape index (κ3) is 2.99. The molecular formula is C15H13F3N2O. The molecule has 0 saturated heterocycles. The maximum atomic E-state index is 13.1. The van der Waals surface area contributed by atoms with Crippen LogP contribution in [0.2, 0.25) is 0 Å². The van der Waals surface area contributed by atoms with Crippen molar-refractivity contribution in [2.45, 2.75) is 25.6 Å². The summed E-state index contributed by atoms with van der Waals surface area (Å²) in [6, 6.07) is 3.58. The quantitative estimate of drug-likeness (QED) is 0.804. The summed E-state index contributed by atoms with van der Waals surface area (Å²) in [5.41, 5.74) is -0.329. The number of aromatic nitrogens is 2. The molecule has 0 unspecified atom stereocenters. The van der Waals surface area contributed by atoms with Crippen LogP contribution in [0.5, 0.6) is 0 Å². The molecule has 3 nitrogen and oxygen atoms in total.